The van der Waals surface area contributed by atoms with Crippen LogP contribution in [0, 0.1) is 34.5 Å². The highest BCUT2D eigenvalue weighted by atomic mass is 32.2. The molecule has 5 fully saturated rings. The smallest absolute Gasteiger partial charge is 0.224 e. The minimum absolute atomic E-state index is 0.0946. The summed E-state index contributed by atoms with van der Waals surface area (Å²) in [6, 6.07) is 11.8. The second-order valence-corrected chi connectivity index (χ2v) is 13.1. The number of aliphatic hydroxyl groups is 1. The molecule has 4 N–H and O–H groups in total. The van der Waals surface area contributed by atoms with Crippen LogP contribution in [0.15, 0.2) is 35.4 Å². The van der Waals surface area contributed by atoms with E-state index < -0.39 is 0 Å². The lowest BCUT2D eigenvalue weighted by atomic mass is 9.47. The summed E-state index contributed by atoms with van der Waals surface area (Å²) in [7, 11) is 0. The van der Waals surface area contributed by atoms with E-state index in [9.17, 15) is 10.4 Å². The number of benzene rings is 1. The van der Waals surface area contributed by atoms with E-state index in [1.54, 1.807) is 18.0 Å². The van der Waals surface area contributed by atoms with Gasteiger partial charge in [-0.2, -0.15) is 10.2 Å². The second kappa shape index (κ2) is 11.0. The molecule has 202 valence electrons. The van der Waals surface area contributed by atoms with Crippen molar-refractivity contribution in [2.24, 2.45) is 23.2 Å². The first-order valence-corrected chi connectivity index (χ1v) is 15.6. The lowest BCUT2D eigenvalue weighted by Gasteiger charge is -2.61. The molecule has 7 rings (SSSR count). The van der Waals surface area contributed by atoms with E-state index in [1.165, 1.54) is 42.6 Å². The van der Waals surface area contributed by atoms with Gasteiger partial charge >= 0.3 is 0 Å². The number of aliphatic hydroxyl groups excluding tert-OH is 1. The van der Waals surface area contributed by atoms with Crippen LogP contribution in [0.3, 0.4) is 0 Å². The second-order valence-electron chi connectivity index (χ2n) is 12.3. The molecule has 0 radical (unpaired) electrons. The van der Waals surface area contributed by atoms with Crippen molar-refractivity contribution < 1.29 is 5.11 Å². The van der Waals surface area contributed by atoms with Gasteiger partial charge in [-0.1, -0.05) is 18.2 Å². The van der Waals surface area contributed by atoms with Crippen molar-refractivity contribution in [1.82, 2.24) is 15.3 Å². The van der Waals surface area contributed by atoms with E-state index in [0.717, 1.165) is 50.0 Å². The van der Waals surface area contributed by atoms with Crippen molar-refractivity contribution in [3.63, 3.8) is 0 Å². The zero-order valence-electron chi connectivity index (χ0n) is 22.3. The third-order valence-corrected chi connectivity index (χ3v) is 10.5. The lowest BCUT2D eigenvalue weighted by Crippen LogP contribution is -2.61. The highest BCUT2D eigenvalue weighted by Crippen LogP contribution is 2.60. The van der Waals surface area contributed by atoms with Crippen molar-refractivity contribution in [2.75, 3.05) is 23.4 Å². The van der Waals surface area contributed by atoms with Gasteiger partial charge in [-0.15, -0.1) is 11.8 Å². The molecule has 5 saturated carbocycles. The van der Waals surface area contributed by atoms with Crippen LogP contribution in [0.1, 0.15) is 68.9 Å². The SMILES string of the molecule is CSc1ccccc1CNc1ncc(C#N)c(NC[C@]23CC4C[C@H](C2)[C@@H](NC2CCC(O)CC2)[C@@H](C4)C3)n1. The summed E-state index contributed by atoms with van der Waals surface area (Å²) >= 11 is 1.73. The number of hydrogen-bond acceptors (Lipinski definition) is 8. The number of anilines is 2. The molecular formula is C30H40N6OS. The fraction of sp³-hybridized carbons (Fsp3) is 0.633. The van der Waals surface area contributed by atoms with E-state index in [4.69, 9.17) is 4.98 Å². The molecule has 38 heavy (non-hydrogen) atoms. The van der Waals surface area contributed by atoms with Crippen LogP contribution < -0.4 is 16.0 Å². The number of hydrogen-bond donors (Lipinski definition) is 4. The number of nitrogens with zero attached hydrogens (tertiary/aromatic N) is 3. The molecule has 5 aliphatic carbocycles. The molecular weight excluding hydrogens is 492 g/mol. The molecule has 1 heterocycles. The van der Waals surface area contributed by atoms with E-state index >= 15 is 0 Å². The Labute approximate surface area is 230 Å². The van der Waals surface area contributed by atoms with E-state index in [1.807, 2.05) is 0 Å². The monoisotopic (exact) mass is 532 g/mol. The Morgan fingerprint density at radius 3 is 2.58 bits per heavy atom. The lowest BCUT2D eigenvalue weighted by molar-refractivity contribution is -0.0737. The largest absolute Gasteiger partial charge is 0.393 e. The first-order valence-electron chi connectivity index (χ1n) is 14.3. The fourth-order valence-corrected chi connectivity index (χ4v) is 8.79. The third kappa shape index (κ3) is 5.38. The van der Waals surface area contributed by atoms with Crippen molar-refractivity contribution in [3.05, 3.63) is 41.6 Å². The number of nitriles is 1. The summed E-state index contributed by atoms with van der Waals surface area (Å²) in [5, 5.41) is 30.7. The first kappa shape index (κ1) is 25.9. The predicted octanol–water partition coefficient (Wildman–Crippen LogP) is 5.18. The van der Waals surface area contributed by atoms with Crippen LogP contribution in [0.25, 0.3) is 0 Å². The van der Waals surface area contributed by atoms with Gasteiger partial charge in [-0.3, -0.25) is 0 Å². The van der Waals surface area contributed by atoms with Gasteiger partial charge in [-0.25, -0.2) is 4.98 Å². The molecule has 5 atom stereocenters. The fourth-order valence-electron chi connectivity index (χ4n) is 8.17. The average Bonchev–Trinajstić information content (AvgIpc) is 2.93. The maximum absolute atomic E-state index is 9.91. The van der Waals surface area contributed by atoms with E-state index in [2.05, 4.69) is 57.5 Å². The van der Waals surface area contributed by atoms with Crippen LogP contribution in [-0.2, 0) is 6.54 Å². The molecule has 1 unspecified atom stereocenters. The third-order valence-electron chi connectivity index (χ3n) is 9.69. The van der Waals surface area contributed by atoms with Gasteiger partial charge in [0, 0.05) is 30.1 Å². The van der Waals surface area contributed by atoms with E-state index in [-0.39, 0.29) is 6.10 Å². The molecule has 0 spiro atoms. The molecule has 2 aromatic rings. The predicted molar refractivity (Wildman–Crippen MR) is 152 cm³/mol. The van der Waals surface area contributed by atoms with Crippen LogP contribution in [0.2, 0.25) is 0 Å². The summed E-state index contributed by atoms with van der Waals surface area (Å²) in [5.41, 5.74) is 2.01. The standard InChI is InChI=1S/C30H40N6OS/c1-38-26-5-3-2-4-20(26)16-32-29-33-17-23(15-31)28(36-29)34-18-30-12-19-10-21(13-30)27(22(11-19)14-30)35-24-6-8-25(37)9-7-24/h2-5,17,19,21-22,24-25,27,35,37H,6-14,16,18H2,1H3,(H2,32,33,34,36)/t19?,21-,22+,24?,25?,27-,30-. The number of nitrogens with one attached hydrogen (secondary N) is 3. The van der Waals surface area contributed by atoms with Crippen molar-refractivity contribution in [2.45, 2.75) is 87.4 Å². The molecule has 1 aromatic carbocycles. The number of aromatic nitrogens is 2. The topological polar surface area (TPSA) is 106 Å². The van der Waals surface area contributed by atoms with Gasteiger partial charge in [0.05, 0.1) is 12.3 Å². The highest BCUT2D eigenvalue weighted by molar-refractivity contribution is 7.98. The molecule has 0 aliphatic heterocycles. The molecule has 1 aromatic heterocycles. The van der Waals surface area contributed by atoms with Gasteiger partial charge < -0.3 is 21.1 Å². The van der Waals surface area contributed by atoms with Crippen LogP contribution in [0.4, 0.5) is 11.8 Å². The highest BCUT2D eigenvalue weighted by Gasteiger charge is 2.55. The van der Waals surface area contributed by atoms with Gasteiger partial charge in [0.1, 0.15) is 17.5 Å². The van der Waals surface area contributed by atoms with Gasteiger partial charge in [-0.05, 0) is 98.8 Å². The maximum Gasteiger partial charge on any atom is 0.224 e. The van der Waals surface area contributed by atoms with Crippen LogP contribution in [-0.4, -0.2) is 46.1 Å². The van der Waals surface area contributed by atoms with Crippen molar-refractivity contribution >= 4 is 23.5 Å². The average molecular weight is 533 g/mol. The Hall–Kier alpha value is -2.34. The van der Waals surface area contributed by atoms with Crippen LogP contribution in [0.5, 0.6) is 0 Å². The molecule has 8 heteroatoms. The molecule has 5 aliphatic rings. The molecule has 0 saturated heterocycles. The number of rotatable bonds is 9. The first-order chi connectivity index (χ1) is 18.5. The number of thioether (sulfide) groups is 1. The Kier molecular flexibility index (Phi) is 7.52. The van der Waals surface area contributed by atoms with Crippen molar-refractivity contribution in [1.29, 1.82) is 5.26 Å². The molecule has 0 amide bonds. The Balaban J connectivity index is 1.10. The van der Waals surface area contributed by atoms with Crippen LogP contribution >= 0.6 is 11.8 Å². The zero-order valence-corrected chi connectivity index (χ0v) is 23.1. The minimum atomic E-state index is -0.0946. The summed E-state index contributed by atoms with van der Waals surface area (Å²) in [6.07, 6.45) is 14.2. The summed E-state index contributed by atoms with van der Waals surface area (Å²) in [6.45, 7) is 1.52. The Bertz CT molecular complexity index is 1160. The maximum atomic E-state index is 9.91. The van der Waals surface area contributed by atoms with Crippen molar-refractivity contribution in [3.8, 4) is 6.07 Å². The minimum Gasteiger partial charge on any atom is -0.393 e. The van der Waals surface area contributed by atoms with Gasteiger partial charge in [0.25, 0.3) is 0 Å². The Morgan fingerprint density at radius 2 is 1.84 bits per heavy atom. The molecule has 4 bridgehead atoms. The summed E-state index contributed by atoms with van der Waals surface area (Å²) < 4.78 is 0. The Morgan fingerprint density at radius 1 is 1.08 bits per heavy atom. The summed E-state index contributed by atoms with van der Waals surface area (Å²) in [5.74, 6) is 3.51. The quantitative estimate of drug-likeness (QED) is 0.327. The normalized spacial score (nSPS) is 33.6. The zero-order chi connectivity index (χ0) is 26.1. The van der Waals surface area contributed by atoms with Gasteiger partial charge in [0.15, 0.2) is 0 Å². The summed E-state index contributed by atoms with van der Waals surface area (Å²) in [4.78, 5) is 10.4. The molecule has 7 nitrogen and oxygen atoms in total. The van der Waals surface area contributed by atoms with Gasteiger partial charge in [0.2, 0.25) is 5.95 Å². The van der Waals surface area contributed by atoms with E-state index in [0.29, 0.717) is 41.4 Å².